The van der Waals surface area contributed by atoms with Gasteiger partial charge in [-0.25, -0.2) is 0 Å². The molecule has 19 heavy (non-hydrogen) atoms. The molecule has 0 heterocycles. The molecule has 6 nitrogen and oxygen atoms in total. The minimum atomic E-state index is -3.77. The van der Waals surface area contributed by atoms with Gasteiger partial charge < -0.3 is 5.73 Å². The number of rotatable bonds is 6. The van der Waals surface area contributed by atoms with Crippen LogP contribution in [0, 0.1) is 0 Å². The molecule has 0 aliphatic heterocycles. The Labute approximate surface area is 113 Å². The van der Waals surface area contributed by atoms with Crippen molar-refractivity contribution in [3.05, 3.63) is 35.9 Å². The van der Waals surface area contributed by atoms with Gasteiger partial charge in [0.15, 0.2) is 0 Å². The fourth-order valence-corrected chi connectivity index (χ4v) is 2.72. The quantitative estimate of drug-likeness (QED) is 0.791. The van der Waals surface area contributed by atoms with E-state index in [0.717, 1.165) is 4.31 Å². The molecule has 1 rings (SSSR count). The first-order valence-corrected chi connectivity index (χ1v) is 7.29. The van der Waals surface area contributed by atoms with E-state index in [-0.39, 0.29) is 6.04 Å². The predicted octanol–water partition coefficient (Wildman–Crippen LogP) is 0.388. The van der Waals surface area contributed by atoms with Crippen molar-refractivity contribution in [2.75, 3.05) is 7.05 Å². The van der Waals surface area contributed by atoms with Crippen LogP contribution in [0.15, 0.2) is 30.3 Å². The number of primary amides is 1. The maximum Gasteiger partial charge on any atom is 0.280 e. The number of nitrogens with one attached hydrogen (secondary N) is 1. The van der Waals surface area contributed by atoms with E-state index in [9.17, 15) is 13.2 Å². The van der Waals surface area contributed by atoms with Gasteiger partial charge >= 0.3 is 0 Å². The molecule has 3 N–H and O–H groups in total. The van der Waals surface area contributed by atoms with Crippen LogP contribution in [0.1, 0.15) is 25.5 Å². The van der Waals surface area contributed by atoms with Gasteiger partial charge in [0.1, 0.15) is 6.04 Å². The van der Waals surface area contributed by atoms with Gasteiger partial charge in [0, 0.05) is 13.1 Å². The summed E-state index contributed by atoms with van der Waals surface area (Å²) in [6, 6.07) is 7.20. The van der Waals surface area contributed by atoms with Crippen LogP contribution >= 0.6 is 0 Å². The van der Waals surface area contributed by atoms with Crippen molar-refractivity contribution in [1.82, 2.24) is 9.03 Å². The molecule has 1 atom stereocenters. The third-order valence-corrected chi connectivity index (χ3v) is 4.50. The molecule has 1 amide bonds. The molecule has 0 fully saturated rings. The molecule has 7 heteroatoms. The number of nitrogens with two attached hydrogens (primary N) is 1. The fraction of sp³-hybridized carbons (Fsp3) is 0.417. The minimum Gasteiger partial charge on any atom is -0.368 e. The predicted molar refractivity (Wildman–Crippen MR) is 73.3 cm³/mol. The lowest BCUT2D eigenvalue weighted by molar-refractivity contribution is -0.119. The standard InChI is InChI=1S/C12H19N3O3S/c1-9(2)15(3)19(17,18)14-11(12(13)16)10-7-5-4-6-8-10/h4-9,11,14H,1-3H3,(H2,13,16). The summed E-state index contributed by atoms with van der Waals surface area (Å²) in [6.07, 6.45) is 0. The summed E-state index contributed by atoms with van der Waals surface area (Å²) in [4.78, 5) is 11.4. The van der Waals surface area contributed by atoms with Gasteiger partial charge in [-0.05, 0) is 19.4 Å². The molecular formula is C12H19N3O3S. The topological polar surface area (TPSA) is 92.5 Å². The molecule has 0 bridgehead atoms. The van der Waals surface area contributed by atoms with Crippen LogP contribution in [0.5, 0.6) is 0 Å². The van der Waals surface area contributed by atoms with Gasteiger partial charge in [0.05, 0.1) is 0 Å². The second kappa shape index (κ2) is 6.14. The zero-order valence-electron chi connectivity index (χ0n) is 11.2. The van der Waals surface area contributed by atoms with Gasteiger partial charge in [-0.15, -0.1) is 0 Å². The lowest BCUT2D eigenvalue weighted by atomic mass is 10.1. The molecule has 1 aromatic rings. The Morgan fingerprint density at radius 3 is 2.21 bits per heavy atom. The maximum atomic E-state index is 12.1. The van der Waals surface area contributed by atoms with Crippen molar-refractivity contribution >= 4 is 16.1 Å². The normalized spacial score (nSPS) is 13.7. The van der Waals surface area contributed by atoms with Crippen LogP contribution in [0.3, 0.4) is 0 Å². The highest BCUT2D eigenvalue weighted by molar-refractivity contribution is 7.87. The van der Waals surface area contributed by atoms with Crippen molar-refractivity contribution in [3.8, 4) is 0 Å². The maximum absolute atomic E-state index is 12.1. The van der Waals surface area contributed by atoms with Gasteiger partial charge in [-0.1, -0.05) is 30.3 Å². The van der Waals surface area contributed by atoms with Crippen LogP contribution in [0.4, 0.5) is 0 Å². The smallest absolute Gasteiger partial charge is 0.280 e. The number of hydrogen-bond acceptors (Lipinski definition) is 3. The van der Waals surface area contributed by atoms with E-state index >= 15 is 0 Å². The Bertz CT molecular complexity index is 528. The van der Waals surface area contributed by atoms with E-state index in [2.05, 4.69) is 4.72 Å². The van der Waals surface area contributed by atoms with Gasteiger partial charge in [-0.2, -0.15) is 17.4 Å². The molecule has 1 aromatic carbocycles. The number of hydrogen-bond donors (Lipinski definition) is 2. The lowest BCUT2D eigenvalue weighted by Gasteiger charge is -2.24. The average molecular weight is 285 g/mol. The number of amides is 1. The summed E-state index contributed by atoms with van der Waals surface area (Å²) < 4.78 is 27.6. The molecule has 0 aromatic heterocycles. The van der Waals surface area contributed by atoms with Crippen molar-refractivity contribution in [2.24, 2.45) is 5.73 Å². The van der Waals surface area contributed by atoms with Crippen molar-refractivity contribution in [1.29, 1.82) is 0 Å². The summed E-state index contributed by atoms with van der Waals surface area (Å²) >= 11 is 0. The summed E-state index contributed by atoms with van der Waals surface area (Å²) in [7, 11) is -2.33. The van der Waals surface area contributed by atoms with Crippen molar-refractivity contribution in [2.45, 2.75) is 25.9 Å². The van der Waals surface area contributed by atoms with E-state index in [1.807, 2.05) is 0 Å². The summed E-state index contributed by atoms with van der Waals surface area (Å²) in [6.45, 7) is 3.47. The van der Waals surface area contributed by atoms with Crippen LogP contribution in [0.2, 0.25) is 0 Å². The molecular weight excluding hydrogens is 266 g/mol. The number of carbonyl (C=O) groups is 1. The van der Waals surface area contributed by atoms with Gasteiger partial charge in [-0.3, -0.25) is 4.79 Å². The molecule has 106 valence electrons. The Morgan fingerprint density at radius 1 is 1.26 bits per heavy atom. The Kier molecular flexibility index (Phi) is 5.04. The Hall–Kier alpha value is -1.44. The van der Waals surface area contributed by atoms with Gasteiger partial charge in [0.25, 0.3) is 10.2 Å². The summed E-state index contributed by atoms with van der Waals surface area (Å²) in [5, 5.41) is 0. The van der Waals surface area contributed by atoms with E-state index in [1.165, 1.54) is 7.05 Å². The first kappa shape index (κ1) is 15.6. The number of nitrogens with zero attached hydrogens (tertiary/aromatic N) is 1. The first-order valence-electron chi connectivity index (χ1n) is 5.85. The molecule has 0 saturated heterocycles. The molecule has 0 aliphatic rings. The molecule has 0 radical (unpaired) electrons. The van der Waals surface area contributed by atoms with E-state index in [4.69, 9.17) is 5.73 Å². The number of carbonyl (C=O) groups excluding carboxylic acids is 1. The van der Waals surface area contributed by atoms with Crippen LogP contribution in [-0.2, 0) is 15.0 Å². The van der Waals surface area contributed by atoms with Crippen LogP contribution in [-0.4, -0.2) is 31.7 Å². The average Bonchev–Trinajstić information content (AvgIpc) is 2.35. The zero-order chi connectivity index (χ0) is 14.6. The second-order valence-electron chi connectivity index (χ2n) is 4.48. The van der Waals surface area contributed by atoms with E-state index in [1.54, 1.807) is 44.2 Å². The molecule has 0 spiro atoms. The highest BCUT2D eigenvalue weighted by Crippen LogP contribution is 2.14. The second-order valence-corrected chi connectivity index (χ2v) is 6.24. The lowest BCUT2D eigenvalue weighted by Crippen LogP contribution is -2.46. The highest BCUT2D eigenvalue weighted by Gasteiger charge is 2.28. The number of benzene rings is 1. The monoisotopic (exact) mass is 285 g/mol. The summed E-state index contributed by atoms with van der Waals surface area (Å²) in [5.74, 6) is -0.744. The SMILES string of the molecule is CC(C)N(C)S(=O)(=O)NC(C(N)=O)c1ccccc1. The Morgan fingerprint density at radius 2 is 1.79 bits per heavy atom. The van der Waals surface area contributed by atoms with E-state index in [0.29, 0.717) is 5.56 Å². The molecule has 0 saturated carbocycles. The molecule has 1 unspecified atom stereocenters. The van der Waals surface area contributed by atoms with Crippen molar-refractivity contribution in [3.63, 3.8) is 0 Å². The third-order valence-electron chi connectivity index (χ3n) is 2.79. The zero-order valence-corrected chi connectivity index (χ0v) is 12.0. The van der Waals surface area contributed by atoms with Crippen LogP contribution in [0.25, 0.3) is 0 Å². The molecule has 0 aliphatic carbocycles. The Balaban J connectivity index is 3.02. The third kappa shape index (κ3) is 4.02. The first-order chi connectivity index (χ1) is 8.75. The largest absolute Gasteiger partial charge is 0.368 e. The summed E-state index contributed by atoms with van der Waals surface area (Å²) in [5.41, 5.74) is 5.78. The van der Waals surface area contributed by atoms with Crippen LogP contribution < -0.4 is 10.5 Å². The van der Waals surface area contributed by atoms with E-state index < -0.39 is 22.2 Å². The minimum absolute atomic E-state index is 0.221. The van der Waals surface area contributed by atoms with Gasteiger partial charge in [0.2, 0.25) is 5.91 Å². The fourth-order valence-electron chi connectivity index (χ4n) is 1.45. The highest BCUT2D eigenvalue weighted by atomic mass is 32.2. The van der Waals surface area contributed by atoms with Crippen molar-refractivity contribution < 1.29 is 13.2 Å².